The zero-order valence-electron chi connectivity index (χ0n) is 16.1. The SMILES string of the molecule is COCCn1c(=S)[nH]c2cc(C(=O)N[C@@H]3CCC[C@H](C)[C@H]3C)ccc2c1=O. The van der Waals surface area contributed by atoms with E-state index in [2.05, 4.69) is 24.1 Å². The molecule has 1 aliphatic rings. The highest BCUT2D eigenvalue weighted by atomic mass is 32.1. The van der Waals surface area contributed by atoms with E-state index in [0.29, 0.717) is 46.2 Å². The van der Waals surface area contributed by atoms with Crippen LogP contribution in [0, 0.1) is 16.6 Å². The van der Waals surface area contributed by atoms with Crippen molar-refractivity contribution < 1.29 is 9.53 Å². The predicted molar refractivity (Wildman–Crippen MR) is 109 cm³/mol. The summed E-state index contributed by atoms with van der Waals surface area (Å²) in [6.45, 7) is 5.24. The van der Waals surface area contributed by atoms with Gasteiger partial charge in [0.05, 0.1) is 24.1 Å². The Labute approximate surface area is 163 Å². The molecule has 27 heavy (non-hydrogen) atoms. The minimum absolute atomic E-state index is 0.106. The molecule has 0 bridgehead atoms. The van der Waals surface area contributed by atoms with E-state index in [1.165, 1.54) is 11.0 Å². The van der Waals surface area contributed by atoms with Crippen molar-refractivity contribution in [2.75, 3.05) is 13.7 Å². The van der Waals surface area contributed by atoms with Crippen LogP contribution in [-0.2, 0) is 11.3 Å². The molecule has 1 saturated carbocycles. The first kappa shape index (κ1) is 19.8. The van der Waals surface area contributed by atoms with Crippen LogP contribution in [0.1, 0.15) is 43.5 Å². The minimum Gasteiger partial charge on any atom is -0.383 e. The molecular formula is C20H27N3O3S. The Morgan fingerprint density at radius 2 is 2.15 bits per heavy atom. The zero-order valence-corrected chi connectivity index (χ0v) is 16.9. The van der Waals surface area contributed by atoms with Crippen molar-refractivity contribution >= 4 is 29.0 Å². The lowest BCUT2D eigenvalue weighted by atomic mass is 9.78. The Morgan fingerprint density at radius 3 is 2.89 bits per heavy atom. The van der Waals surface area contributed by atoms with Crippen LogP contribution >= 0.6 is 12.2 Å². The lowest BCUT2D eigenvalue weighted by molar-refractivity contribution is 0.0891. The quantitative estimate of drug-likeness (QED) is 0.770. The number of nitrogens with one attached hydrogen (secondary N) is 2. The Kier molecular flexibility index (Phi) is 6.11. The van der Waals surface area contributed by atoms with Crippen LogP contribution in [0.4, 0.5) is 0 Å². The van der Waals surface area contributed by atoms with Gasteiger partial charge in [0.15, 0.2) is 4.77 Å². The summed E-state index contributed by atoms with van der Waals surface area (Å²) in [4.78, 5) is 28.5. The molecule has 6 nitrogen and oxygen atoms in total. The van der Waals surface area contributed by atoms with E-state index in [9.17, 15) is 9.59 Å². The second-order valence-corrected chi connectivity index (χ2v) is 7.87. The third-order valence-corrected chi connectivity index (χ3v) is 6.11. The molecule has 0 saturated heterocycles. The third kappa shape index (κ3) is 4.14. The maximum atomic E-state index is 12.7. The van der Waals surface area contributed by atoms with Gasteiger partial charge in [-0.05, 0) is 48.7 Å². The average Bonchev–Trinajstić information content (AvgIpc) is 2.65. The first-order chi connectivity index (χ1) is 12.9. The van der Waals surface area contributed by atoms with Crippen LogP contribution in [0.5, 0.6) is 0 Å². The summed E-state index contributed by atoms with van der Waals surface area (Å²) < 4.78 is 6.84. The van der Waals surface area contributed by atoms with E-state index in [0.717, 1.165) is 12.8 Å². The Hall–Kier alpha value is -1.99. The number of rotatable bonds is 5. The minimum atomic E-state index is -0.174. The van der Waals surface area contributed by atoms with Gasteiger partial charge in [-0.2, -0.15) is 0 Å². The second kappa shape index (κ2) is 8.35. The number of hydrogen-bond acceptors (Lipinski definition) is 4. The van der Waals surface area contributed by atoms with E-state index in [-0.39, 0.29) is 17.5 Å². The highest BCUT2D eigenvalue weighted by Gasteiger charge is 2.28. The molecule has 1 aliphatic carbocycles. The van der Waals surface area contributed by atoms with Crippen molar-refractivity contribution in [3.8, 4) is 0 Å². The molecule has 146 valence electrons. The van der Waals surface area contributed by atoms with Crippen molar-refractivity contribution in [3.05, 3.63) is 38.9 Å². The monoisotopic (exact) mass is 389 g/mol. The number of H-pyrrole nitrogens is 1. The smallest absolute Gasteiger partial charge is 0.262 e. The molecule has 0 unspecified atom stereocenters. The number of aromatic nitrogens is 2. The number of nitrogens with zero attached hydrogens (tertiary/aromatic N) is 1. The lowest BCUT2D eigenvalue weighted by Crippen LogP contribution is -2.43. The number of ether oxygens (including phenoxy) is 1. The van der Waals surface area contributed by atoms with E-state index < -0.39 is 0 Å². The predicted octanol–water partition coefficient (Wildman–Crippen LogP) is 3.26. The van der Waals surface area contributed by atoms with E-state index in [1.54, 1.807) is 25.3 Å². The van der Waals surface area contributed by atoms with Gasteiger partial charge in [0.1, 0.15) is 0 Å². The summed E-state index contributed by atoms with van der Waals surface area (Å²) in [7, 11) is 1.58. The molecule has 1 amide bonds. The molecule has 1 heterocycles. The summed E-state index contributed by atoms with van der Waals surface area (Å²) in [5.74, 6) is 0.968. The summed E-state index contributed by atoms with van der Waals surface area (Å²) in [6, 6.07) is 5.29. The Balaban J connectivity index is 1.87. The van der Waals surface area contributed by atoms with Gasteiger partial charge in [-0.3, -0.25) is 14.2 Å². The van der Waals surface area contributed by atoms with Gasteiger partial charge in [-0.15, -0.1) is 0 Å². The van der Waals surface area contributed by atoms with Crippen molar-refractivity contribution in [3.63, 3.8) is 0 Å². The van der Waals surface area contributed by atoms with E-state index in [4.69, 9.17) is 17.0 Å². The summed E-state index contributed by atoms with van der Waals surface area (Å²) in [5, 5.41) is 3.68. The van der Waals surface area contributed by atoms with Gasteiger partial charge < -0.3 is 15.0 Å². The number of fused-ring (bicyclic) bond motifs is 1. The maximum absolute atomic E-state index is 12.7. The standard InChI is InChI=1S/C20H27N3O3S/c1-12-5-4-6-16(13(12)2)21-18(24)14-7-8-15-17(11-14)22-20(27)23(19(15)25)9-10-26-3/h7-8,11-13,16H,4-6,9-10H2,1-3H3,(H,21,24)(H,22,27)/t12-,13+,16+/m0/s1. The maximum Gasteiger partial charge on any atom is 0.262 e. The number of benzene rings is 1. The number of amides is 1. The zero-order chi connectivity index (χ0) is 19.6. The molecule has 2 aromatic rings. The molecule has 1 aromatic heterocycles. The van der Waals surface area contributed by atoms with Crippen molar-refractivity contribution in [2.45, 2.75) is 45.7 Å². The van der Waals surface area contributed by atoms with Crippen molar-refractivity contribution in [1.29, 1.82) is 0 Å². The number of aromatic amines is 1. The van der Waals surface area contributed by atoms with Gasteiger partial charge in [0.25, 0.3) is 11.5 Å². The first-order valence-corrected chi connectivity index (χ1v) is 9.90. The Bertz CT molecular complexity index is 950. The third-order valence-electron chi connectivity index (χ3n) is 5.79. The number of methoxy groups -OCH3 is 1. The summed E-state index contributed by atoms with van der Waals surface area (Å²) in [5.41, 5.74) is 0.941. The van der Waals surface area contributed by atoms with Crippen LogP contribution < -0.4 is 10.9 Å². The molecule has 0 radical (unpaired) electrons. The fourth-order valence-corrected chi connectivity index (χ4v) is 4.10. The van der Waals surface area contributed by atoms with Crippen molar-refractivity contribution in [2.24, 2.45) is 11.8 Å². The molecule has 3 rings (SSSR count). The molecule has 7 heteroatoms. The molecule has 0 aliphatic heterocycles. The molecule has 0 spiro atoms. The number of carbonyl (C=O) groups is 1. The van der Waals surface area contributed by atoms with Crippen molar-refractivity contribution in [1.82, 2.24) is 14.9 Å². The molecule has 3 atom stereocenters. The van der Waals surface area contributed by atoms with Crippen LogP contribution in [0.3, 0.4) is 0 Å². The van der Waals surface area contributed by atoms with E-state index >= 15 is 0 Å². The van der Waals surface area contributed by atoms with Crippen LogP contribution in [0.25, 0.3) is 10.9 Å². The summed E-state index contributed by atoms with van der Waals surface area (Å²) in [6.07, 6.45) is 3.37. The molecule has 1 fully saturated rings. The van der Waals surface area contributed by atoms with Gasteiger partial charge in [-0.25, -0.2) is 0 Å². The summed E-state index contributed by atoms with van der Waals surface area (Å²) >= 11 is 5.30. The second-order valence-electron chi connectivity index (χ2n) is 7.49. The van der Waals surface area contributed by atoms with Crippen LogP contribution in [-0.4, -0.2) is 35.2 Å². The van der Waals surface area contributed by atoms with Gasteiger partial charge in [-0.1, -0.05) is 26.7 Å². The molecule has 2 N–H and O–H groups in total. The van der Waals surface area contributed by atoms with Gasteiger partial charge >= 0.3 is 0 Å². The first-order valence-electron chi connectivity index (χ1n) is 9.49. The normalized spacial score (nSPS) is 22.7. The average molecular weight is 390 g/mol. The highest BCUT2D eigenvalue weighted by molar-refractivity contribution is 7.71. The van der Waals surface area contributed by atoms with E-state index in [1.807, 2.05) is 0 Å². The van der Waals surface area contributed by atoms with Gasteiger partial charge in [0, 0.05) is 18.7 Å². The van der Waals surface area contributed by atoms with Gasteiger partial charge in [0.2, 0.25) is 0 Å². The number of carbonyl (C=O) groups excluding carboxylic acids is 1. The van der Waals surface area contributed by atoms with Crippen LogP contribution in [0.15, 0.2) is 23.0 Å². The molecular weight excluding hydrogens is 362 g/mol. The fraction of sp³-hybridized carbons (Fsp3) is 0.550. The lowest BCUT2D eigenvalue weighted by Gasteiger charge is -2.34. The van der Waals surface area contributed by atoms with Crippen LogP contribution in [0.2, 0.25) is 0 Å². The number of hydrogen-bond donors (Lipinski definition) is 2. The molecule has 1 aromatic carbocycles. The highest BCUT2D eigenvalue weighted by Crippen LogP contribution is 2.29. The fourth-order valence-electron chi connectivity index (χ4n) is 3.82. The Morgan fingerprint density at radius 1 is 1.37 bits per heavy atom. The largest absolute Gasteiger partial charge is 0.383 e. The topological polar surface area (TPSA) is 76.1 Å².